The minimum Gasteiger partial charge on any atom is -0.311 e. The van der Waals surface area contributed by atoms with E-state index in [4.69, 9.17) is 0 Å². The zero-order valence-corrected chi connectivity index (χ0v) is 60.3. The molecule has 474 valence electrons. The molecule has 2 heterocycles. The summed E-state index contributed by atoms with van der Waals surface area (Å²) in [6.45, 7) is 53.6. The SMILES string of the molecule is Cc1cc2c(cc1N1c3cc4c(cc3B3c5ccc6c(c5N(c5cc7c(cc5C)C(C)(C)CCC7(C)C)c5cc(N(c7ccc(C(C)(C)C)cc7)c7ccc(C(C)(C)C)cc7)cc1c53)-c1ccccc1C6(C)C)C(C)(C)c1ccccc1C4(C)C)C(C)(C)CCC2(C)C. The molecule has 0 atom stereocenters. The van der Waals surface area contributed by atoms with Crippen LogP contribution in [0.3, 0.4) is 0 Å². The van der Waals surface area contributed by atoms with E-state index in [1.165, 1.54) is 140 Å². The van der Waals surface area contributed by atoms with E-state index in [1.54, 1.807) is 0 Å². The Morgan fingerprint density at radius 3 is 1.22 bits per heavy atom. The Morgan fingerprint density at radius 2 is 0.742 bits per heavy atom. The molecular formula is C89H100BN3. The Balaban J connectivity index is 1.15. The van der Waals surface area contributed by atoms with Crippen LogP contribution < -0.4 is 31.1 Å². The molecule has 6 aliphatic rings. The number of anilines is 9. The summed E-state index contributed by atoms with van der Waals surface area (Å²) in [5.41, 5.74) is 36.6. The highest BCUT2D eigenvalue weighted by molar-refractivity contribution is 7.00. The fourth-order valence-electron chi connectivity index (χ4n) is 18.4. The van der Waals surface area contributed by atoms with Crippen molar-refractivity contribution in [2.75, 3.05) is 14.7 Å². The molecule has 3 nitrogen and oxygen atoms in total. The van der Waals surface area contributed by atoms with E-state index in [9.17, 15) is 0 Å². The first kappa shape index (κ1) is 61.6. The van der Waals surface area contributed by atoms with Gasteiger partial charge in [-0.1, -0.05) is 242 Å². The number of hydrogen-bond donors (Lipinski definition) is 0. The first-order valence-electron chi connectivity index (χ1n) is 35.1. The van der Waals surface area contributed by atoms with Crippen LogP contribution >= 0.6 is 0 Å². The summed E-state index contributed by atoms with van der Waals surface area (Å²) < 4.78 is 0. The highest BCUT2D eigenvalue weighted by Crippen LogP contribution is 2.60. The number of aryl methyl sites for hydroxylation is 2. The standard InChI is InChI=1S/C89H100BN3/c1-53-45-65-67(85(13,14)43-41-83(65,9)10)50-73(53)92-75-52-70-69(88(19,20)62-29-25-26-30-63(62)89(70,21)22)49-72(75)90-71-40-39-64-78(60-27-23-24-28-61(60)87(64,17)18)80(71)93(74-51-68-66(46-54(74)2)84(11,12)42-44-86(68,15)16)77-48-59(47-76(92)79(77)90)91(57-35-31-55(32-36-57)81(3,4)5)58-37-33-56(34-38-58)82(6,7)8/h23-40,45-52H,41-44H2,1-22H3. The van der Waals surface area contributed by atoms with E-state index in [1.807, 2.05) is 0 Å². The topological polar surface area (TPSA) is 9.72 Å². The van der Waals surface area contributed by atoms with Crippen LogP contribution in [0.15, 0.2) is 158 Å². The van der Waals surface area contributed by atoms with Crippen LogP contribution in [0.2, 0.25) is 0 Å². The van der Waals surface area contributed by atoms with Crippen LogP contribution in [0.1, 0.15) is 242 Å². The number of benzene rings is 9. The first-order valence-corrected chi connectivity index (χ1v) is 35.1. The van der Waals surface area contributed by atoms with Gasteiger partial charge in [0.25, 0.3) is 6.71 Å². The molecule has 2 aliphatic heterocycles. The lowest BCUT2D eigenvalue weighted by Gasteiger charge is -2.49. The normalized spacial score (nSPS) is 19.0. The molecule has 0 unspecified atom stereocenters. The van der Waals surface area contributed by atoms with E-state index < -0.39 is 0 Å². The van der Waals surface area contributed by atoms with E-state index in [0.717, 1.165) is 42.7 Å². The number of rotatable bonds is 5. The van der Waals surface area contributed by atoms with E-state index in [2.05, 4.69) is 325 Å². The summed E-state index contributed by atoms with van der Waals surface area (Å²) in [7, 11) is 0. The minimum absolute atomic E-state index is 0.0178. The Morgan fingerprint density at radius 1 is 0.344 bits per heavy atom. The van der Waals surface area contributed by atoms with Gasteiger partial charge in [0.1, 0.15) is 0 Å². The maximum Gasteiger partial charge on any atom is 0.252 e. The van der Waals surface area contributed by atoms with Gasteiger partial charge in [0.2, 0.25) is 0 Å². The number of nitrogens with zero attached hydrogens (tertiary/aromatic N) is 3. The fourth-order valence-corrected chi connectivity index (χ4v) is 18.4. The highest BCUT2D eigenvalue weighted by atomic mass is 15.2. The van der Waals surface area contributed by atoms with Gasteiger partial charge in [0.15, 0.2) is 0 Å². The summed E-state index contributed by atoms with van der Waals surface area (Å²) in [5.74, 6) is 0. The molecule has 0 aromatic heterocycles. The molecule has 0 spiro atoms. The minimum atomic E-state index is -0.286. The predicted molar refractivity (Wildman–Crippen MR) is 401 cm³/mol. The third-order valence-electron chi connectivity index (χ3n) is 24.6. The predicted octanol–water partition coefficient (Wildman–Crippen LogP) is 22.4. The third-order valence-corrected chi connectivity index (χ3v) is 24.6. The van der Waals surface area contributed by atoms with Gasteiger partial charge < -0.3 is 14.7 Å². The second-order valence-electron chi connectivity index (χ2n) is 35.7. The summed E-state index contributed by atoms with van der Waals surface area (Å²) in [6.07, 6.45) is 4.59. The molecule has 0 amide bonds. The second-order valence-corrected chi connectivity index (χ2v) is 35.7. The first-order chi connectivity index (χ1) is 43.4. The lowest BCUT2D eigenvalue weighted by atomic mass is 9.32. The van der Waals surface area contributed by atoms with Crippen molar-refractivity contribution in [2.45, 2.75) is 227 Å². The molecule has 0 fully saturated rings. The quantitative estimate of drug-likeness (QED) is 0.159. The molecule has 0 bridgehead atoms. The molecule has 0 saturated heterocycles. The monoisotopic (exact) mass is 1220 g/mol. The van der Waals surface area contributed by atoms with Crippen LogP contribution in [0.25, 0.3) is 11.1 Å². The Hall–Kier alpha value is -7.56. The molecule has 9 aromatic rings. The Kier molecular flexibility index (Phi) is 13.1. The molecule has 0 saturated carbocycles. The average molecular weight is 1220 g/mol. The van der Waals surface area contributed by atoms with Crippen molar-refractivity contribution < 1.29 is 0 Å². The molecule has 15 rings (SSSR count). The van der Waals surface area contributed by atoms with Crippen molar-refractivity contribution >= 4 is 74.3 Å². The van der Waals surface area contributed by atoms with Crippen molar-refractivity contribution in [2.24, 2.45) is 0 Å². The van der Waals surface area contributed by atoms with Gasteiger partial charge in [0, 0.05) is 67.3 Å². The maximum atomic E-state index is 2.83. The van der Waals surface area contributed by atoms with E-state index in [0.29, 0.717) is 0 Å². The largest absolute Gasteiger partial charge is 0.311 e. The summed E-state index contributed by atoms with van der Waals surface area (Å²) in [4.78, 5) is 8.22. The van der Waals surface area contributed by atoms with Gasteiger partial charge in [-0.25, -0.2) is 0 Å². The van der Waals surface area contributed by atoms with Gasteiger partial charge >= 0.3 is 0 Å². The molecule has 0 N–H and O–H groups in total. The van der Waals surface area contributed by atoms with E-state index in [-0.39, 0.29) is 55.4 Å². The van der Waals surface area contributed by atoms with Gasteiger partial charge in [-0.3, -0.25) is 0 Å². The molecule has 9 aromatic carbocycles. The lowest BCUT2D eigenvalue weighted by molar-refractivity contribution is 0.332. The van der Waals surface area contributed by atoms with Crippen molar-refractivity contribution in [3.63, 3.8) is 0 Å². The fraction of sp³-hybridized carbons (Fsp3) is 0.393. The number of fused-ring (bicyclic) bond motifs is 12. The zero-order chi connectivity index (χ0) is 66.2. The van der Waals surface area contributed by atoms with Crippen molar-refractivity contribution in [3.05, 3.63) is 236 Å². The maximum absolute atomic E-state index is 2.83. The summed E-state index contributed by atoms with van der Waals surface area (Å²) in [6, 6.07) is 64.2. The summed E-state index contributed by atoms with van der Waals surface area (Å²) in [5, 5.41) is 0. The Labute approximate surface area is 559 Å². The van der Waals surface area contributed by atoms with Gasteiger partial charge in [0.05, 0.1) is 5.69 Å². The average Bonchev–Trinajstić information content (AvgIpc) is 1.60. The lowest BCUT2D eigenvalue weighted by Crippen LogP contribution is -2.62. The molecule has 93 heavy (non-hydrogen) atoms. The van der Waals surface area contributed by atoms with Crippen LogP contribution in [-0.2, 0) is 48.7 Å². The van der Waals surface area contributed by atoms with Gasteiger partial charge in [-0.2, -0.15) is 0 Å². The second kappa shape index (κ2) is 19.8. The van der Waals surface area contributed by atoms with Crippen LogP contribution in [-0.4, -0.2) is 6.71 Å². The molecular weight excluding hydrogens is 1120 g/mol. The zero-order valence-electron chi connectivity index (χ0n) is 60.3. The summed E-state index contributed by atoms with van der Waals surface area (Å²) >= 11 is 0. The highest BCUT2D eigenvalue weighted by Gasteiger charge is 2.52. The molecule has 0 radical (unpaired) electrons. The van der Waals surface area contributed by atoms with Gasteiger partial charge in [-0.15, -0.1) is 0 Å². The van der Waals surface area contributed by atoms with Crippen LogP contribution in [0, 0.1) is 13.8 Å². The van der Waals surface area contributed by atoms with Gasteiger partial charge in [-0.05, 0) is 226 Å². The number of hydrogen-bond acceptors (Lipinski definition) is 3. The smallest absolute Gasteiger partial charge is 0.252 e. The van der Waals surface area contributed by atoms with Crippen molar-refractivity contribution in [1.82, 2.24) is 0 Å². The van der Waals surface area contributed by atoms with Crippen molar-refractivity contribution in [3.8, 4) is 11.1 Å². The third kappa shape index (κ3) is 8.94. The van der Waals surface area contributed by atoms with Crippen molar-refractivity contribution in [1.29, 1.82) is 0 Å². The van der Waals surface area contributed by atoms with Crippen LogP contribution in [0.4, 0.5) is 51.2 Å². The Bertz CT molecular complexity index is 4580. The van der Waals surface area contributed by atoms with Crippen LogP contribution in [0.5, 0.6) is 0 Å². The molecule has 4 heteroatoms. The van der Waals surface area contributed by atoms with E-state index >= 15 is 0 Å². The molecule has 4 aliphatic carbocycles.